The minimum atomic E-state index is -0.909. The molecule has 0 unspecified atom stereocenters. The van der Waals surface area contributed by atoms with Gasteiger partial charge in [-0.3, -0.25) is 0 Å². The van der Waals surface area contributed by atoms with Gasteiger partial charge in [0.15, 0.2) is 0 Å². The van der Waals surface area contributed by atoms with Crippen LogP contribution in [0, 0.1) is 5.92 Å². The average molecular weight is 371 g/mol. The van der Waals surface area contributed by atoms with E-state index in [1.807, 2.05) is 24.3 Å². The van der Waals surface area contributed by atoms with Crippen molar-refractivity contribution in [1.29, 1.82) is 0 Å². The van der Waals surface area contributed by atoms with Crippen molar-refractivity contribution in [1.82, 2.24) is 0 Å². The molecular weight excluding hydrogens is 350 g/mol. The predicted octanol–water partition coefficient (Wildman–Crippen LogP) is 4.86. The highest BCUT2D eigenvalue weighted by Gasteiger charge is 2.44. The van der Waals surface area contributed by atoms with E-state index in [4.69, 9.17) is 4.74 Å². The number of rotatable bonds is 3. The van der Waals surface area contributed by atoms with Crippen molar-refractivity contribution in [3.8, 4) is 5.75 Å². The first-order valence-electron chi connectivity index (χ1n) is 9.52. The summed E-state index contributed by atoms with van der Waals surface area (Å²) in [4.78, 5) is 11.9. The number of methoxy groups -OCH3 is 1. The zero-order chi connectivity index (χ0) is 19.3. The summed E-state index contributed by atoms with van der Waals surface area (Å²) in [5.41, 5.74) is 5.83. The Morgan fingerprint density at radius 1 is 0.964 bits per heavy atom. The summed E-state index contributed by atoms with van der Waals surface area (Å²) in [6, 6.07) is 22.1. The largest absolute Gasteiger partial charge is 0.496 e. The van der Waals surface area contributed by atoms with Crippen molar-refractivity contribution in [2.24, 2.45) is 5.92 Å². The van der Waals surface area contributed by atoms with E-state index >= 15 is 0 Å². The number of para-hydroxylation sites is 2. The lowest BCUT2D eigenvalue weighted by atomic mass is 9.75. The van der Waals surface area contributed by atoms with Gasteiger partial charge in [0.05, 0.1) is 24.4 Å². The number of hydrogen-bond donors (Lipinski definition) is 2. The Labute approximate surface area is 163 Å². The van der Waals surface area contributed by atoms with E-state index < -0.39 is 5.97 Å². The highest BCUT2D eigenvalue weighted by Crippen LogP contribution is 2.55. The highest BCUT2D eigenvalue weighted by atomic mass is 16.5. The van der Waals surface area contributed by atoms with Gasteiger partial charge in [0.2, 0.25) is 0 Å². The summed E-state index contributed by atoms with van der Waals surface area (Å²) in [5, 5.41) is 13.4. The molecular formula is C24H21NO3. The van der Waals surface area contributed by atoms with Gasteiger partial charge in [0.1, 0.15) is 5.75 Å². The molecule has 0 aromatic heterocycles. The molecule has 0 bridgehead atoms. The number of carboxylic acids is 1. The third-order valence-corrected chi connectivity index (χ3v) is 6.14. The van der Waals surface area contributed by atoms with E-state index in [1.54, 1.807) is 13.2 Å². The quantitative estimate of drug-likeness (QED) is 0.690. The van der Waals surface area contributed by atoms with Crippen LogP contribution in [0.4, 0.5) is 5.69 Å². The smallest absolute Gasteiger partial charge is 0.337 e. The Hall–Kier alpha value is -3.27. The summed E-state index contributed by atoms with van der Waals surface area (Å²) in [7, 11) is 1.68. The molecule has 1 heterocycles. The molecule has 0 saturated carbocycles. The van der Waals surface area contributed by atoms with Crippen LogP contribution in [0.2, 0.25) is 0 Å². The van der Waals surface area contributed by atoms with Crippen molar-refractivity contribution in [3.05, 3.63) is 94.5 Å². The van der Waals surface area contributed by atoms with Gasteiger partial charge in [-0.25, -0.2) is 4.79 Å². The number of hydrogen-bond acceptors (Lipinski definition) is 3. The lowest BCUT2D eigenvalue weighted by molar-refractivity contribution is 0.0697. The molecule has 0 fully saturated rings. The topological polar surface area (TPSA) is 58.6 Å². The van der Waals surface area contributed by atoms with Crippen LogP contribution >= 0.6 is 0 Å². The second kappa shape index (κ2) is 6.41. The Morgan fingerprint density at radius 2 is 1.68 bits per heavy atom. The number of carboxylic acid groups (broad SMARTS) is 1. The van der Waals surface area contributed by atoms with Crippen LogP contribution in [0.15, 0.2) is 66.7 Å². The fraction of sp³-hybridized carbons (Fsp3) is 0.208. The second-order valence-electron chi connectivity index (χ2n) is 7.48. The molecule has 28 heavy (non-hydrogen) atoms. The molecule has 1 aliphatic carbocycles. The molecule has 2 N–H and O–H groups in total. The molecule has 3 atom stereocenters. The molecule has 0 saturated heterocycles. The molecule has 2 aliphatic rings. The molecule has 0 amide bonds. The molecule has 3 aromatic carbocycles. The second-order valence-corrected chi connectivity index (χ2v) is 7.48. The van der Waals surface area contributed by atoms with Gasteiger partial charge in [-0.05, 0) is 41.2 Å². The van der Waals surface area contributed by atoms with Crippen LogP contribution in [0.25, 0.3) is 0 Å². The fourth-order valence-corrected chi connectivity index (χ4v) is 5.00. The number of carbonyl (C=O) groups is 1. The minimum absolute atomic E-state index is 0.0263. The van der Waals surface area contributed by atoms with Gasteiger partial charge >= 0.3 is 5.97 Å². The predicted molar refractivity (Wildman–Crippen MR) is 108 cm³/mol. The van der Waals surface area contributed by atoms with Gasteiger partial charge in [0, 0.05) is 11.5 Å². The zero-order valence-electron chi connectivity index (χ0n) is 15.6. The summed E-state index contributed by atoms with van der Waals surface area (Å²) < 4.78 is 5.63. The number of anilines is 1. The van der Waals surface area contributed by atoms with Crippen molar-refractivity contribution in [2.75, 3.05) is 12.4 Å². The Bertz CT molecular complexity index is 1070. The number of benzene rings is 3. The molecule has 140 valence electrons. The Balaban J connectivity index is 1.74. The molecule has 0 spiro atoms. The maximum atomic E-state index is 11.9. The first-order valence-corrected chi connectivity index (χ1v) is 9.52. The summed E-state index contributed by atoms with van der Waals surface area (Å²) in [6.07, 6.45) is 0.952. The average Bonchev–Trinajstić information content (AvgIpc) is 3.12. The van der Waals surface area contributed by atoms with Crippen LogP contribution in [-0.4, -0.2) is 18.2 Å². The molecule has 1 aliphatic heterocycles. The molecule has 4 nitrogen and oxygen atoms in total. The lowest BCUT2D eigenvalue weighted by Gasteiger charge is -2.39. The van der Waals surface area contributed by atoms with Gasteiger partial charge in [-0.15, -0.1) is 0 Å². The molecule has 5 rings (SSSR count). The summed E-state index contributed by atoms with van der Waals surface area (Å²) >= 11 is 0. The van der Waals surface area contributed by atoms with E-state index in [9.17, 15) is 9.90 Å². The fourth-order valence-electron chi connectivity index (χ4n) is 5.00. The lowest BCUT2D eigenvalue weighted by Crippen LogP contribution is -2.31. The standard InChI is InChI=1S/C24H21NO3/c1-28-20-12-5-4-9-16(20)22-19-13-14-7-2-3-8-15(14)21(19)17-10-6-11-18(24(26)27)23(17)25-22/h2-12,19,21-22,25H,13H2,1H3,(H,26,27)/t19-,21-,22-/m0/s1. The SMILES string of the molecule is COc1ccccc1[C@@H]1Nc2c(C(=O)O)cccc2[C@@H]2c3ccccc3C[C@@H]21. The normalized spacial score (nSPS) is 21.8. The maximum absolute atomic E-state index is 11.9. The van der Waals surface area contributed by atoms with E-state index in [1.165, 1.54) is 11.1 Å². The van der Waals surface area contributed by atoms with Crippen molar-refractivity contribution in [3.63, 3.8) is 0 Å². The van der Waals surface area contributed by atoms with E-state index in [2.05, 4.69) is 41.7 Å². The maximum Gasteiger partial charge on any atom is 0.337 e. The number of ether oxygens (including phenoxy) is 1. The van der Waals surface area contributed by atoms with Crippen LogP contribution < -0.4 is 10.1 Å². The zero-order valence-corrected chi connectivity index (χ0v) is 15.6. The number of aromatic carboxylic acids is 1. The van der Waals surface area contributed by atoms with Crippen molar-refractivity contribution < 1.29 is 14.6 Å². The number of fused-ring (bicyclic) bond motifs is 5. The summed E-state index contributed by atoms with van der Waals surface area (Å²) in [5.74, 6) is 0.380. The molecule has 3 aromatic rings. The monoisotopic (exact) mass is 371 g/mol. The van der Waals surface area contributed by atoms with Crippen LogP contribution in [0.5, 0.6) is 5.75 Å². The minimum Gasteiger partial charge on any atom is -0.496 e. The van der Waals surface area contributed by atoms with Crippen molar-refractivity contribution in [2.45, 2.75) is 18.4 Å². The van der Waals surface area contributed by atoms with Crippen LogP contribution in [-0.2, 0) is 6.42 Å². The first kappa shape index (κ1) is 16.9. The first-order chi connectivity index (χ1) is 13.7. The van der Waals surface area contributed by atoms with Gasteiger partial charge in [-0.1, -0.05) is 54.6 Å². The van der Waals surface area contributed by atoms with Gasteiger partial charge in [0.25, 0.3) is 0 Å². The van der Waals surface area contributed by atoms with E-state index in [0.29, 0.717) is 11.5 Å². The summed E-state index contributed by atoms with van der Waals surface area (Å²) in [6.45, 7) is 0. The van der Waals surface area contributed by atoms with Crippen molar-refractivity contribution >= 4 is 11.7 Å². The van der Waals surface area contributed by atoms with Crippen LogP contribution in [0.1, 0.15) is 44.6 Å². The Kier molecular flexibility index (Phi) is 3.86. The van der Waals surface area contributed by atoms with Gasteiger partial charge in [-0.2, -0.15) is 0 Å². The third kappa shape index (κ3) is 2.41. The number of nitrogens with one attached hydrogen (secondary N) is 1. The Morgan fingerprint density at radius 3 is 2.46 bits per heavy atom. The van der Waals surface area contributed by atoms with E-state index in [0.717, 1.165) is 29.0 Å². The molecule has 0 radical (unpaired) electrons. The third-order valence-electron chi connectivity index (χ3n) is 6.14. The van der Waals surface area contributed by atoms with Gasteiger partial charge < -0.3 is 15.2 Å². The molecule has 4 heteroatoms. The van der Waals surface area contributed by atoms with Crippen LogP contribution in [0.3, 0.4) is 0 Å². The highest BCUT2D eigenvalue weighted by molar-refractivity contribution is 5.96. The van der Waals surface area contributed by atoms with E-state index in [-0.39, 0.29) is 12.0 Å².